The fourth-order valence-electron chi connectivity index (χ4n) is 4.25. The zero-order valence-corrected chi connectivity index (χ0v) is 18.5. The number of aromatic carboxylic acids is 1. The number of para-hydroxylation sites is 1. The van der Waals surface area contributed by atoms with Crippen LogP contribution in [0.2, 0.25) is 0 Å². The van der Waals surface area contributed by atoms with Gasteiger partial charge in [-0.25, -0.2) is 9.69 Å². The summed E-state index contributed by atoms with van der Waals surface area (Å²) >= 11 is 0. The third-order valence-corrected chi connectivity index (χ3v) is 5.99. The fourth-order valence-corrected chi connectivity index (χ4v) is 4.25. The van der Waals surface area contributed by atoms with Gasteiger partial charge in [-0.05, 0) is 53.1 Å². The Morgan fingerprint density at radius 3 is 1.94 bits per heavy atom. The molecule has 4 aromatic rings. The third kappa shape index (κ3) is 4.02. The van der Waals surface area contributed by atoms with Crippen molar-refractivity contribution in [3.05, 3.63) is 125 Å². The molecule has 0 bridgehead atoms. The lowest BCUT2D eigenvalue weighted by atomic mass is 9.93. The first-order chi connectivity index (χ1) is 16.9. The Kier molecular flexibility index (Phi) is 5.55. The highest BCUT2D eigenvalue weighted by molar-refractivity contribution is 6.34. The number of Topliss-reactive ketones (excluding diaryl/α,β-unsaturated/α-hetero) is 1. The van der Waals surface area contributed by atoms with Gasteiger partial charge in [-0.15, -0.1) is 0 Å². The average molecular weight is 461 g/mol. The van der Waals surface area contributed by atoms with E-state index in [1.54, 1.807) is 54.6 Å². The van der Waals surface area contributed by atoms with Crippen molar-refractivity contribution in [2.75, 3.05) is 4.90 Å². The molecule has 0 aliphatic carbocycles. The van der Waals surface area contributed by atoms with Gasteiger partial charge in [0.25, 0.3) is 11.8 Å². The van der Waals surface area contributed by atoms with E-state index in [1.807, 2.05) is 30.3 Å². The van der Waals surface area contributed by atoms with Crippen molar-refractivity contribution in [3.63, 3.8) is 0 Å². The van der Waals surface area contributed by atoms with Crippen LogP contribution in [-0.4, -0.2) is 28.7 Å². The van der Waals surface area contributed by atoms with Gasteiger partial charge in [0.05, 0.1) is 22.4 Å². The molecule has 0 spiro atoms. The highest BCUT2D eigenvalue weighted by Crippen LogP contribution is 2.32. The molecule has 0 atom stereocenters. The molecule has 0 saturated carbocycles. The van der Waals surface area contributed by atoms with E-state index in [4.69, 9.17) is 0 Å². The Morgan fingerprint density at radius 1 is 0.657 bits per heavy atom. The van der Waals surface area contributed by atoms with Crippen LogP contribution in [0.25, 0.3) is 11.1 Å². The van der Waals surface area contributed by atoms with Crippen LogP contribution in [0.15, 0.2) is 97.1 Å². The number of ketones is 1. The molecule has 0 radical (unpaired) electrons. The molecule has 0 unspecified atom stereocenters. The smallest absolute Gasteiger partial charge is 0.336 e. The molecule has 0 fully saturated rings. The minimum atomic E-state index is -1.22. The molecule has 1 N–H and O–H groups in total. The molecule has 0 saturated heterocycles. The molecule has 35 heavy (non-hydrogen) atoms. The van der Waals surface area contributed by atoms with E-state index in [2.05, 4.69) is 0 Å². The minimum absolute atomic E-state index is 0.0885. The minimum Gasteiger partial charge on any atom is -0.478 e. The van der Waals surface area contributed by atoms with E-state index in [1.165, 1.54) is 12.1 Å². The zero-order valence-electron chi connectivity index (χ0n) is 18.5. The van der Waals surface area contributed by atoms with Gasteiger partial charge in [-0.1, -0.05) is 60.7 Å². The maximum atomic E-state index is 13.0. The lowest BCUT2D eigenvalue weighted by Crippen LogP contribution is -2.29. The normalized spacial score (nSPS) is 12.5. The summed E-state index contributed by atoms with van der Waals surface area (Å²) in [4.78, 5) is 51.9. The van der Waals surface area contributed by atoms with Crippen LogP contribution in [0, 0.1) is 0 Å². The van der Waals surface area contributed by atoms with Crippen LogP contribution in [-0.2, 0) is 6.42 Å². The molecular formula is C29H19NO5. The van der Waals surface area contributed by atoms with Crippen molar-refractivity contribution in [1.82, 2.24) is 0 Å². The van der Waals surface area contributed by atoms with Crippen LogP contribution in [0.5, 0.6) is 0 Å². The maximum Gasteiger partial charge on any atom is 0.336 e. The van der Waals surface area contributed by atoms with E-state index in [9.17, 15) is 24.3 Å². The van der Waals surface area contributed by atoms with Crippen molar-refractivity contribution >= 4 is 29.3 Å². The first-order valence-electron chi connectivity index (χ1n) is 11.0. The predicted octanol–water partition coefficient (Wildman–Crippen LogP) is 5.28. The van der Waals surface area contributed by atoms with Crippen LogP contribution >= 0.6 is 0 Å². The topological polar surface area (TPSA) is 91.8 Å². The van der Waals surface area contributed by atoms with Gasteiger partial charge in [-0.2, -0.15) is 0 Å². The van der Waals surface area contributed by atoms with E-state index in [0.29, 0.717) is 16.8 Å². The zero-order chi connectivity index (χ0) is 24.5. The number of carboxylic acid groups (broad SMARTS) is 1. The number of carboxylic acids is 1. The molecule has 4 aromatic carbocycles. The number of hydrogen-bond acceptors (Lipinski definition) is 4. The molecule has 1 heterocycles. The van der Waals surface area contributed by atoms with Gasteiger partial charge in [0.15, 0.2) is 5.78 Å². The average Bonchev–Trinajstić information content (AvgIpc) is 3.13. The van der Waals surface area contributed by atoms with Crippen molar-refractivity contribution in [1.29, 1.82) is 0 Å². The Balaban J connectivity index is 1.49. The fraction of sp³-hybridized carbons (Fsp3) is 0.0345. The Hall–Kier alpha value is -4.84. The number of benzene rings is 4. The Morgan fingerprint density at radius 2 is 1.26 bits per heavy atom. The van der Waals surface area contributed by atoms with Crippen LogP contribution < -0.4 is 4.90 Å². The summed E-state index contributed by atoms with van der Waals surface area (Å²) in [6.07, 6.45) is 0.0885. The molecule has 0 aromatic heterocycles. The van der Waals surface area contributed by atoms with Crippen molar-refractivity contribution in [2.24, 2.45) is 0 Å². The lowest BCUT2D eigenvalue weighted by molar-refractivity contribution is 0.0691. The monoisotopic (exact) mass is 461 g/mol. The summed E-state index contributed by atoms with van der Waals surface area (Å²) in [5.74, 6) is -2.36. The number of amides is 2. The van der Waals surface area contributed by atoms with Gasteiger partial charge >= 0.3 is 5.97 Å². The Bertz CT molecular complexity index is 1490. The second kappa shape index (κ2) is 8.83. The molecule has 6 nitrogen and oxygen atoms in total. The molecule has 1 aliphatic heterocycles. The number of anilines is 1. The number of carbonyl (C=O) groups excluding carboxylic acids is 3. The van der Waals surface area contributed by atoms with Gasteiger partial charge in [0, 0.05) is 12.0 Å². The van der Waals surface area contributed by atoms with Gasteiger partial charge in [0.2, 0.25) is 0 Å². The number of hydrogen-bond donors (Lipinski definition) is 1. The first kappa shape index (κ1) is 22.0. The van der Waals surface area contributed by atoms with E-state index >= 15 is 0 Å². The molecule has 170 valence electrons. The number of carbonyl (C=O) groups is 4. The number of fused-ring (bicyclic) bond motifs is 1. The quantitative estimate of drug-likeness (QED) is 0.312. The molecule has 2 amide bonds. The van der Waals surface area contributed by atoms with Crippen LogP contribution in [0.3, 0.4) is 0 Å². The van der Waals surface area contributed by atoms with Crippen molar-refractivity contribution in [2.45, 2.75) is 6.42 Å². The van der Waals surface area contributed by atoms with Crippen LogP contribution in [0.4, 0.5) is 5.69 Å². The molecule has 6 heteroatoms. The second-order valence-electron chi connectivity index (χ2n) is 8.19. The van der Waals surface area contributed by atoms with Gasteiger partial charge < -0.3 is 5.11 Å². The molecule has 5 rings (SSSR count). The van der Waals surface area contributed by atoms with E-state index in [-0.39, 0.29) is 34.5 Å². The van der Waals surface area contributed by atoms with Gasteiger partial charge in [-0.3, -0.25) is 14.4 Å². The lowest BCUT2D eigenvalue weighted by Gasteiger charge is -2.13. The largest absolute Gasteiger partial charge is 0.478 e. The van der Waals surface area contributed by atoms with Crippen molar-refractivity contribution < 1.29 is 24.3 Å². The number of nitrogens with zero attached hydrogens (tertiary/aromatic N) is 1. The summed E-state index contributed by atoms with van der Waals surface area (Å²) in [5.41, 5.74) is 2.92. The summed E-state index contributed by atoms with van der Waals surface area (Å²) < 4.78 is 0. The summed E-state index contributed by atoms with van der Waals surface area (Å²) in [7, 11) is 0. The van der Waals surface area contributed by atoms with E-state index < -0.39 is 17.8 Å². The second-order valence-corrected chi connectivity index (χ2v) is 8.19. The summed E-state index contributed by atoms with van der Waals surface area (Å²) in [6, 6.07) is 27.2. The van der Waals surface area contributed by atoms with Crippen LogP contribution in [0.1, 0.15) is 47.0 Å². The van der Waals surface area contributed by atoms with E-state index in [0.717, 1.165) is 10.5 Å². The molecular weight excluding hydrogens is 442 g/mol. The molecule has 1 aliphatic rings. The van der Waals surface area contributed by atoms with Crippen molar-refractivity contribution in [3.8, 4) is 11.1 Å². The number of rotatable bonds is 6. The first-order valence-corrected chi connectivity index (χ1v) is 11.0. The third-order valence-electron chi connectivity index (χ3n) is 5.99. The SMILES string of the molecule is O=C(O)c1cc(-c2ccc3c(c2)C(=O)N(c2ccccc2)C3=O)ccc1C(=O)Cc1ccccc1. The van der Waals surface area contributed by atoms with Gasteiger partial charge in [0.1, 0.15) is 0 Å². The Labute approximate surface area is 201 Å². The predicted molar refractivity (Wildman–Crippen MR) is 131 cm³/mol. The highest BCUT2D eigenvalue weighted by atomic mass is 16.4. The summed E-state index contributed by atoms with van der Waals surface area (Å²) in [6.45, 7) is 0. The highest BCUT2D eigenvalue weighted by Gasteiger charge is 2.36. The maximum absolute atomic E-state index is 13.0. The standard InChI is InChI=1S/C29H19NO5/c31-26(15-18-7-3-1-4-8-18)22-13-11-20(17-25(22)29(34)35)19-12-14-23-24(16-19)28(33)30(27(23)32)21-9-5-2-6-10-21/h1-14,16-17H,15H2,(H,34,35). The summed E-state index contributed by atoms with van der Waals surface area (Å²) in [5, 5.41) is 9.79. The number of imide groups is 1.